The molecule has 3 fully saturated rings. The molecule has 4 heterocycles. The number of aromatic nitrogens is 2. The van der Waals surface area contributed by atoms with Crippen LogP contribution in [0.15, 0.2) is 59.3 Å². The van der Waals surface area contributed by atoms with Gasteiger partial charge in [0.15, 0.2) is 0 Å². The van der Waals surface area contributed by atoms with Crippen molar-refractivity contribution in [2.45, 2.75) is 43.4 Å². The summed E-state index contributed by atoms with van der Waals surface area (Å²) < 4.78 is 31.8. The SMILES string of the molecule is Fc1ccc(OCc2ccccc2)c(C2CCN([C@@H]3COC4(C3)CN(c3nnco3)C4)CC2)c1. The highest BCUT2D eigenvalue weighted by Gasteiger charge is 2.52. The second kappa shape index (κ2) is 9.00. The maximum atomic E-state index is 14.2. The van der Waals surface area contributed by atoms with Crippen LogP contribution in [-0.2, 0) is 11.3 Å². The quantitative estimate of drug-likeness (QED) is 0.546. The van der Waals surface area contributed by atoms with Gasteiger partial charge in [0, 0.05) is 11.6 Å². The predicted octanol–water partition coefficient (Wildman–Crippen LogP) is 4.02. The molecule has 0 bridgehead atoms. The summed E-state index contributed by atoms with van der Waals surface area (Å²) in [6, 6.07) is 16.0. The lowest BCUT2D eigenvalue weighted by Crippen LogP contribution is -2.62. The number of rotatable bonds is 6. The Morgan fingerprint density at radius 2 is 1.91 bits per heavy atom. The van der Waals surface area contributed by atoms with Crippen LogP contribution >= 0.6 is 0 Å². The van der Waals surface area contributed by atoms with E-state index < -0.39 is 0 Å². The fourth-order valence-electron chi connectivity index (χ4n) is 5.65. The first-order chi connectivity index (χ1) is 16.7. The molecule has 1 aromatic heterocycles. The summed E-state index contributed by atoms with van der Waals surface area (Å²) in [5.74, 6) is 0.888. The molecule has 0 radical (unpaired) electrons. The largest absolute Gasteiger partial charge is 0.489 e. The molecule has 3 aliphatic rings. The highest BCUT2D eigenvalue weighted by atomic mass is 19.1. The number of hydrogen-bond donors (Lipinski definition) is 0. The molecule has 0 amide bonds. The summed E-state index contributed by atoms with van der Waals surface area (Å²) in [5.41, 5.74) is 2.00. The Morgan fingerprint density at radius 1 is 1.09 bits per heavy atom. The third-order valence-corrected chi connectivity index (χ3v) is 7.46. The van der Waals surface area contributed by atoms with Gasteiger partial charge in [0.2, 0.25) is 6.39 Å². The number of halogens is 1. The molecule has 0 saturated carbocycles. The molecule has 8 heteroatoms. The van der Waals surface area contributed by atoms with E-state index in [0.717, 1.165) is 68.9 Å². The zero-order valence-electron chi connectivity index (χ0n) is 19.1. The first-order valence-electron chi connectivity index (χ1n) is 12.0. The maximum absolute atomic E-state index is 14.2. The van der Waals surface area contributed by atoms with Crippen molar-refractivity contribution in [3.63, 3.8) is 0 Å². The summed E-state index contributed by atoms with van der Waals surface area (Å²) in [5, 5.41) is 7.75. The molecule has 34 heavy (non-hydrogen) atoms. The number of likely N-dealkylation sites (tertiary alicyclic amines) is 1. The van der Waals surface area contributed by atoms with Gasteiger partial charge in [-0.2, -0.15) is 0 Å². The van der Waals surface area contributed by atoms with Crippen LogP contribution in [0.4, 0.5) is 10.4 Å². The van der Waals surface area contributed by atoms with E-state index in [-0.39, 0.29) is 11.4 Å². The van der Waals surface area contributed by atoms with Gasteiger partial charge < -0.3 is 18.8 Å². The normalized spacial score (nSPS) is 22.7. The van der Waals surface area contributed by atoms with Crippen molar-refractivity contribution < 1.29 is 18.3 Å². The second-order valence-corrected chi connectivity index (χ2v) is 9.70. The van der Waals surface area contributed by atoms with E-state index in [1.165, 1.54) is 12.5 Å². The summed E-state index contributed by atoms with van der Waals surface area (Å²) >= 11 is 0. The van der Waals surface area contributed by atoms with Crippen LogP contribution in [0.25, 0.3) is 0 Å². The molecular weight excluding hydrogens is 435 g/mol. The van der Waals surface area contributed by atoms with E-state index in [1.807, 2.05) is 30.3 Å². The Kier molecular flexibility index (Phi) is 5.71. The summed E-state index contributed by atoms with van der Waals surface area (Å²) in [6.07, 6.45) is 4.36. The molecular formula is C26H29FN4O3. The van der Waals surface area contributed by atoms with Gasteiger partial charge in [0.25, 0.3) is 0 Å². The van der Waals surface area contributed by atoms with Crippen molar-refractivity contribution in [1.82, 2.24) is 15.1 Å². The average Bonchev–Trinajstić information content (AvgIpc) is 3.54. The van der Waals surface area contributed by atoms with Gasteiger partial charge in [0.1, 0.15) is 23.8 Å². The van der Waals surface area contributed by atoms with Crippen LogP contribution in [-0.4, -0.2) is 59.5 Å². The third-order valence-electron chi connectivity index (χ3n) is 7.46. The molecule has 7 nitrogen and oxygen atoms in total. The van der Waals surface area contributed by atoms with Gasteiger partial charge in [-0.3, -0.25) is 4.90 Å². The van der Waals surface area contributed by atoms with Gasteiger partial charge >= 0.3 is 6.01 Å². The van der Waals surface area contributed by atoms with Crippen molar-refractivity contribution in [3.05, 3.63) is 71.9 Å². The maximum Gasteiger partial charge on any atom is 0.318 e. The first kappa shape index (κ1) is 21.6. The van der Waals surface area contributed by atoms with Gasteiger partial charge in [-0.25, -0.2) is 4.39 Å². The van der Waals surface area contributed by atoms with Crippen LogP contribution in [0.1, 0.15) is 36.3 Å². The Balaban J connectivity index is 1.05. The summed E-state index contributed by atoms with van der Waals surface area (Å²) in [7, 11) is 0. The molecule has 0 N–H and O–H groups in total. The summed E-state index contributed by atoms with van der Waals surface area (Å²) in [6.45, 7) is 4.81. The van der Waals surface area contributed by atoms with Crippen molar-refractivity contribution in [1.29, 1.82) is 0 Å². The number of anilines is 1. The topological polar surface area (TPSA) is 63.9 Å². The van der Waals surface area contributed by atoms with Gasteiger partial charge in [-0.1, -0.05) is 35.4 Å². The Hall–Kier alpha value is -2.97. The van der Waals surface area contributed by atoms with Crippen LogP contribution in [0, 0.1) is 5.82 Å². The lowest BCUT2D eigenvalue weighted by atomic mass is 9.86. The van der Waals surface area contributed by atoms with Crippen molar-refractivity contribution >= 4 is 6.01 Å². The minimum atomic E-state index is -0.202. The molecule has 0 aliphatic carbocycles. The first-order valence-corrected chi connectivity index (χ1v) is 12.0. The number of benzene rings is 2. The molecule has 1 atom stereocenters. The number of piperidine rings is 1. The third kappa shape index (κ3) is 4.28. The Labute approximate surface area is 198 Å². The molecule has 1 spiro atoms. The minimum absolute atomic E-state index is 0.100. The van der Waals surface area contributed by atoms with E-state index in [1.54, 1.807) is 12.1 Å². The molecule has 3 saturated heterocycles. The molecule has 3 aromatic rings. The van der Waals surface area contributed by atoms with E-state index >= 15 is 0 Å². The molecule has 2 aromatic carbocycles. The summed E-state index contributed by atoms with van der Waals surface area (Å²) in [4.78, 5) is 4.62. The van der Waals surface area contributed by atoms with Crippen LogP contribution < -0.4 is 9.64 Å². The van der Waals surface area contributed by atoms with Crippen LogP contribution in [0.2, 0.25) is 0 Å². The van der Waals surface area contributed by atoms with Crippen molar-refractivity contribution in [2.24, 2.45) is 0 Å². The minimum Gasteiger partial charge on any atom is -0.489 e. The highest BCUT2D eigenvalue weighted by Crippen LogP contribution is 2.41. The molecule has 3 aliphatic heterocycles. The van der Waals surface area contributed by atoms with Crippen molar-refractivity contribution in [2.75, 3.05) is 37.7 Å². The predicted molar refractivity (Wildman–Crippen MR) is 124 cm³/mol. The smallest absolute Gasteiger partial charge is 0.318 e. The number of nitrogens with zero attached hydrogens (tertiary/aromatic N) is 4. The van der Waals surface area contributed by atoms with Crippen LogP contribution in [0.3, 0.4) is 0 Å². The Morgan fingerprint density at radius 3 is 2.68 bits per heavy atom. The van der Waals surface area contributed by atoms with E-state index in [9.17, 15) is 4.39 Å². The van der Waals surface area contributed by atoms with Gasteiger partial charge in [0.05, 0.1) is 19.7 Å². The monoisotopic (exact) mass is 464 g/mol. The highest BCUT2D eigenvalue weighted by molar-refractivity contribution is 5.38. The Bertz CT molecular complexity index is 1100. The molecule has 0 unspecified atom stereocenters. The fourth-order valence-corrected chi connectivity index (χ4v) is 5.65. The number of hydrogen-bond acceptors (Lipinski definition) is 7. The molecule has 6 rings (SSSR count). The average molecular weight is 465 g/mol. The lowest BCUT2D eigenvalue weighted by molar-refractivity contribution is -0.0216. The van der Waals surface area contributed by atoms with E-state index in [4.69, 9.17) is 13.9 Å². The molecule has 178 valence electrons. The lowest BCUT2D eigenvalue weighted by Gasteiger charge is -2.46. The fraction of sp³-hybridized carbons (Fsp3) is 0.462. The number of ether oxygens (including phenoxy) is 2. The van der Waals surface area contributed by atoms with Gasteiger partial charge in [-0.05, 0) is 62.0 Å². The standard InChI is InChI=1S/C26H29FN4O3/c27-21-6-7-24(32-14-19-4-2-1-3-5-19)23(12-21)20-8-10-30(11-9-20)22-13-26(34-15-22)16-31(17-26)25-29-28-18-33-25/h1-7,12,18,20,22H,8-11,13-17H2/t22-/m0/s1. The van der Waals surface area contributed by atoms with Crippen LogP contribution in [0.5, 0.6) is 5.75 Å². The zero-order chi connectivity index (χ0) is 23.0. The van der Waals surface area contributed by atoms with Crippen molar-refractivity contribution in [3.8, 4) is 5.75 Å². The van der Waals surface area contributed by atoms with Gasteiger partial charge in [-0.15, -0.1) is 5.10 Å². The van der Waals surface area contributed by atoms with E-state index in [0.29, 0.717) is 24.6 Å². The van der Waals surface area contributed by atoms with E-state index in [2.05, 4.69) is 20.0 Å². The zero-order valence-corrected chi connectivity index (χ0v) is 19.1. The second-order valence-electron chi connectivity index (χ2n) is 9.70.